The summed E-state index contributed by atoms with van der Waals surface area (Å²) in [4.78, 5) is 38.0. The van der Waals surface area contributed by atoms with E-state index >= 15 is 0 Å². The number of amides is 3. The number of aromatic nitrogens is 1. The number of anilines is 1. The van der Waals surface area contributed by atoms with Crippen LogP contribution in [-0.4, -0.2) is 38.5 Å². The fraction of sp³-hybridized carbons (Fsp3) is 0.333. The Hall–Kier alpha value is -2.42. The van der Waals surface area contributed by atoms with Gasteiger partial charge in [0.2, 0.25) is 5.91 Å². The average Bonchev–Trinajstić information content (AvgIpc) is 2.84. The highest BCUT2D eigenvalue weighted by molar-refractivity contribution is 7.13. The fourth-order valence-corrected chi connectivity index (χ4v) is 1.77. The maximum absolute atomic E-state index is 11.6. The van der Waals surface area contributed by atoms with Crippen molar-refractivity contribution >= 4 is 34.4 Å². The van der Waals surface area contributed by atoms with E-state index in [-0.39, 0.29) is 0 Å². The second-order valence-corrected chi connectivity index (χ2v) is 5.82. The molecule has 3 amide bonds. The van der Waals surface area contributed by atoms with Crippen LogP contribution in [0, 0.1) is 0 Å². The molecule has 0 unspecified atom stereocenters. The molecule has 0 bridgehead atoms. The Balaban J connectivity index is 2.57. The van der Waals surface area contributed by atoms with Gasteiger partial charge in [0.25, 0.3) is 5.91 Å². The minimum absolute atomic E-state index is 0.409. The van der Waals surface area contributed by atoms with Gasteiger partial charge in [-0.05, 0) is 20.8 Å². The summed E-state index contributed by atoms with van der Waals surface area (Å²) in [5.41, 5.74) is 1.38. The van der Waals surface area contributed by atoms with Crippen molar-refractivity contribution in [1.82, 2.24) is 15.4 Å². The average molecular weight is 312 g/mol. The Morgan fingerprint density at radius 1 is 1.29 bits per heavy atom. The molecule has 8 nitrogen and oxygen atoms in total. The summed E-state index contributed by atoms with van der Waals surface area (Å²) in [6.45, 7) is 4.88. The Bertz CT molecular complexity index is 548. The summed E-state index contributed by atoms with van der Waals surface area (Å²) >= 11 is 1.24. The second-order valence-electron chi connectivity index (χ2n) is 4.92. The molecule has 9 heteroatoms. The largest absolute Gasteiger partial charge is 0.464 e. The number of carbonyl (C=O) groups excluding carboxylic acids is 2. The van der Waals surface area contributed by atoms with Crippen molar-refractivity contribution in [2.24, 2.45) is 0 Å². The van der Waals surface area contributed by atoms with Crippen molar-refractivity contribution in [3.8, 4) is 0 Å². The molecule has 1 rings (SSSR count). The van der Waals surface area contributed by atoms with Crippen LogP contribution in [0.1, 0.15) is 20.8 Å². The quantitative estimate of drug-likeness (QED) is 0.577. The Kier molecular flexibility index (Phi) is 5.42. The van der Waals surface area contributed by atoms with Crippen molar-refractivity contribution in [3.63, 3.8) is 0 Å². The first-order valence-electron chi connectivity index (χ1n) is 5.92. The van der Waals surface area contributed by atoms with Crippen molar-refractivity contribution in [2.75, 3.05) is 5.32 Å². The van der Waals surface area contributed by atoms with E-state index in [1.807, 2.05) is 0 Å². The monoisotopic (exact) mass is 312 g/mol. The highest BCUT2D eigenvalue weighted by atomic mass is 32.1. The first-order valence-corrected chi connectivity index (χ1v) is 6.80. The van der Waals surface area contributed by atoms with Gasteiger partial charge >= 0.3 is 6.09 Å². The zero-order valence-electron chi connectivity index (χ0n) is 11.8. The molecule has 0 spiro atoms. The minimum Gasteiger partial charge on any atom is -0.464 e. The van der Waals surface area contributed by atoms with E-state index in [2.05, 4.69) is 15.7 Å². The number of hydrazine groups is 1. The lowest BCUT2D eigenvalue weighted by Crippen LogP contribution is -2.55. The summed E-state index contributed by atoms with van der Waals surface area (Å²) < 4.78 is 0. The van der Waals surface area contributed by atoms with Crippen LogP contribution in [0.3, 0.4) is 0 Å². The van der Waals surface area contributed by atoms with Crippen molar-refractivity contribution in [3.05, 3.63) is 23.7 Å². The predicted molar refractivity (Wildman–Crippen MR) is 77.6 cm³/mol. The second kappa shape index (κ2) is 6.84. The molecule has 0 aliphatic carbocycles. The van der Waals surface area contributed by atoms with Gasteiger partial charge in [0.15, 0.2) is 5.13 Å². The summed E-state index contributed by atoms with van der Waals surface area (Å²) in [6, 6.07) is 0. The molecule has 0 atom stereocenters. The van der Waals surface area contributed by atoms with Crippen LogP contribution < -0.4 is 10.7 Å². The molecule has 114 valence electrons. The first kappa shape index (κ1) is 16.6. The van der Waals surface area contributed by atoms with Gasteiger partial charge in [-0.2, -0.15) is 0 Å². The highest BCUT2D eigenvalue weighted by Crippen LogP contribution is 2.11. The van der Waals surface area contributed by atoms with Crippen molar-refractivity contribution < 1.29 is 19.5 Å². The van der Waals surface area contributed by atoms with Crippen LogP contribution in [0.5, 0.6) is 0 Å². The standard InChI is InChI=1S/C12H16N4O4S/c1-12(2,3)16(11(19)20)15-9(18)5-4-8(17)14-10-13-6-7-21-10/h4-7H,1-3H3,(H,15,18)(H,19,20)(H,13,14,17). The Labute approximate surface area is 125 Å². The molecule has 0 saturated carbocycles. The lowest BCUT2D eigenvalue weighted by Gasteiger charge is -2.32. The van der Waals surface area contributed by atoms with E-state index < -0.39 is 23.4 Å². The van der Waals surface area contributed by atoms with Crippen LogP contribution >= 0.6 is 11.3 Å². The van der Waals surface area contributed by atoms with E-state index in [1.165, 1.54) is 17.5 Å². The van der Waals surface area contributed by atoms with E-state index in [9.17, 15) is 14.4 Å². The number of hydrogen-bond acceptors (Lipinski definition) is 5. The number of rotatable bonds is 3. The molecular weight excluding hydrogens is 296 g/mol. The van der Waals surface area contributed by atoms with Crippen LogP contribution in [0.2, 0.25) is 0 Å². The smallest absolute Gasteiger partial charge is 0.426 e. The molecule has 3 N–H and O–H groups in total. The first-order chi connectivity index (χ1) is 9.70. The van der Waals surface area contributed by atoms with Gasteiger partial charge in [0.1, 0.15) is 0 Å². The van der Waals surface area contributed by atoms with Gasteiger partial charge in [-0.25, -0.2) is 14.8 Å². The third-order valence-electron chi connectivity index (χ3n) is 2.13. The van der Waals surface area contributed by atoms with Crippen molar-refractivity contribution in [2.45, 2.75) is 26.3 Å². The van der Waals surface area contributed by atoms with E-state index in [4.69, 9.17) is 5.11 Å². The van der Waals surface area contributed by atoms with Crippen molar-refractivity contribution in [1.29, 1.82) is 0 Å². The normalized spacial score (nSPS) is 11.2. The summed E-state index contributed by atoms with van der Waals surface area (Å²) in [5.74, 6) is -1.25. The summed E-state index contributed by atoms with van der Waals surface area (Å²) in [6.07, 6.45) is 2.19. The van der Waals surface area contributed by atoms with Crippen LogP contribution in [0.25, 0.3) is 0 Å². The number of nitrogens with one attached hydrogen (secondary N) is 2. The predicted octanol–water partition coefficient (Wildman–Crippen LogP) is 1.45. The highest BCUT2D eigenvalue weighted by Gasteiger charge is 2.27. The van der Waals surface area contributed by atoms with E-state index in [0.29, 0.717) is 5.13 Å². The third kappa shape index (κ3) is 5.61. The van der Waals surface area contributed by atoms with E-state index in [1.54, 1.807) is 26.2 Å². The van der Waals surface area contributed by atoms with Gasteiger partial charge in [-0.3, -0.25) is 20.3 Å². The van der Waals surface area contributed by atoms with Gasteiger partial charge in [0.05, 0.1) is 5.54 Å². The fourth-order valence-electron chi connectivity index (χ4n) is 1.23. The molecule has 1 aromatic rings. The molecule has 0 radical (unpaired) electrons. The number of carbonyl (C=O) groups is 3. The molecule has 21 heavy (non-hydrogen) atoms. The van der Waals surface area contributed by atoms with Gasteiger partial charge in [0, 0.05) is 23.7 Å². The number of nitrogens with zero attached hydrogens (tertiary/aromatic N) is 2. The number of carboxylic acid groups (broad SMARTS) is 1. The van der Waals surface area contributed by atoms with E-state index in [0.717, 1.165) is 17.2 Å². The minimum atomic E-state index is -1.29. The molecule has 0 saturated heterocycles. The molecular formula is C12H16N4O4S. The molecule has 0 aliphatic rings. The Morgan fingerprint density at radius 2 is 1.90 bits per heavy atom. The maximum Gasteiger partial charge on any atom is 0.426 e. The van der Waals surface area contributed by atoms with Gasteiger partial charge < -0.3 is 5.11 Å². The lowest BCUT2D eigenvalue weighted by molar-refractivity contribution is -0.122. The van der Waals surface area contributed by atoms with Crippen LogP contribution in [0.15, 0.2) is 23.7 Å². The van der Waals surface area contributed by atoms with Gasteiger partial charge in [-0.1, -0.05) is 0 Å². The molecule has 0 fully saturated rings. The number of thiazole rings is 1. The summed E-state index contributed by atoms with van der Waals surface area (Å²) in [7, 11) is 0. The topological polar surface area (TPSA) is 112 Å². The molecule has 0 aromatic carbocycles. The lowest BCUT2D eigenvalue weighted by atomic mass is 10.1. The molecule has 0 aliphatic heterocycles. The number of hydrogen-bond donors (Lipinski definition) is 3. The third-order valence-corrected chi connectivity index (χ3v) is 2.82. The van der Waals surface area contributed by atoms with Gasteiger partial charge in [-0.15, -0.1) is 11.3 Å². The molecule has 1 heterocycles. The maximum atomic E-state index is 11.6. The summed E-state index contributed by atoms with van der Waals surface area (Å²) in [5, 5.41) is 14.3. The van der Waals surface area contributed by atoms with Crippen LogP contribution in [-0.2, 0) is 9.59 Å². The zero-order chi connectivity index (χ0) is 16.0. The zero-order valence-corrected chi connectivity index (χ0v) is 12.6. The molecule has 1 aromatic heterocycles. The SMILES string of the molecule is CC(C)(C)N(NC(=O)C=CC(=O)Nc1nccs1)C(=O)O. The Morgan fingerprint density at radius 3 is 2.38 bits per heavy atom. The van der Waals surface area contributed by atoms with Crippen LogP contribution in [0.4, 0.5) is 9.93 Å².